The van der Waals surface area contributed by atoms with Gasteiger partial charge in [-0.15, -0.1) is 0 Å². The van der Waals surface area contributed by atoms with E-state index in [9.17, 15) is 22.8 Å². The van der Waals surface area contributed by atoms with Gasteiger partial charge in [-0.3, -0.25) is 4.79 Å². The smallest absolute Gasteiger partial charge is 0.471 e. The minimum atomic E-state index is -5.07. The van der Waals surface area contributed by atoms with Gasteiger partial charge in [0, 0.05) is 6.54 Å². The molecular weight excluding hydrogens is 239 g/mol. The van der Waals surface area contributed by atoms with Gasteiger partial charge in [0.15, 0.2) is 0 Å². The van der Waals surface area contributed by atoms with Gasteiger partial charge < -0.3 is 10.0 Å². The molecule has 0 saturated carbocycles. The minimum absolute atomic E-state index is 0.264. The van der Waals surface area contributed by atoms with Gasteiger partial charge in [0.25, 0.3) is 0 Å². The van der Waals surface area contributed by atoms with Crippen LogP contribution in [-0.2, 0) is 9.59 Å². The van der Waals surface area contributed by atoms with Crippen LogP contribution in [0.2, 0.25) is 0 Å². The zero-order valence-corrected chi connectivity index (χ0v) is 10.1. The fourth-order valence-electron chi connectivity index (χ4n) is 1.20. The van der Waals surface area contributed by atoms with Gasteiger partial charge in [-0.25, -0.2) is 4.79 Å². The van der Waals surface area contributed by atoms with Crippen LogP contribution in [0.25, 0.3) is 0 Å². The van der Waals surface area contributed by atoms with Gasteiger partial charge in [0.05, 0.1) is 0 Å². The van der Waals surface area contributed by atoms with E-state index < -0.39 is 23.6 Å². The standard InChI is InChI=1S/C10H16F3NO3/c1-6(2)5-14(7(15)10(11,12)13)9(3,4)8(16)17/h6H,5H2,1-4H3,(H,16,17). The Balaban J connectivity index is 5.29. The van der Waals surface area contributed by atoms with Crippen molar-refractivity contribution in [3.05, 3.63) is 0 Å². The highest BCUT2D eigenvalue weighted by molar-refractivity contribution is 5.89. The molecule has 0 unspecified atom stereocenters. The molecular formula is C10H16F3NO3. The molecule has 0 aromatic rings. The van der Waals surface area contributed by atoms with Crippen molar-refractivity contribution in [3.8, 4) is 0 Å². The highest BCUT2D eigenvalue weighted by Crippen LogP contribution is 2.25. The quantitative estimate of drug-likeness (QED) is 0.834. The van der Waals surface area contributed by atoms with Crippen molar-refractivity contribution in [1.29, 1.82) is 0 Å². The van der Waals surface area contributed by atoms with E-state index in [0.29, 0.717) is 4.90 Å². The molecule has 17 heavy (non-hydrogen) atoms. The number of nitrogens with zero attached hydrogens (tertiary/aromatic N) is 1. The fourth-order valence-corrected chi connectivity index (χ4v) is 1.20. The maximum Gasteiger partial charge on any atom is 0.471 e. The van der Waals surface area contributed by atoms with Crippen LogP contribution < -0.4 is 0 Å². The number of alkyl halides is 3. The van der Waals surface area contributed by atoms with E-state index in [0.717, 1.165) is 13.8 Å². The number of hydrogen-bond donors (Lipinski definition) is 1. The van der Waals surface area contributed by atoms with Crippen LogP contribution in [0.5, 0.6) is 0 Å². The molecule has 0 aliphatic rings. The van der Waals surface area contributed by atoms with Crippen LogP contribution in [0.4, 0.5) is 13.2 Å². The number of amides is 1. The third-order valence-corrected chi connectivity index (χ3v) is 2.23. The van der Waals surface area contributed by atoms with E-state index in [2.05, 4.69) is 0 Å². The summed E-state index contributed by atoms with van der Waals surface area (Å²) in [5, 5.41) is 8.88. The molecule has 0 aliphatic heterocycles. The molecule has 0 bridgehead atoms. The summed E-state index contributed by atoms with van der Waals surface area (Å²) >= 11 is 0. The van der Waals surface area contributed by atoms with Gasteiger partial charge in [-0.1, -0.05) is 13.8 Å². The lowest BCUT2D eigenvalue weighted by molar-refractivity contribution is -0.194. The third-order valence-electron chi connectivity index (χ3n) is 2.23. The second kappa shape index (κ2) is 4.93. The molecule has 7 heteroatoms. The van der Waals surface area contributed by atoms with Gasteiger partial charge in [0.1, 0.15) is 5.54 Å². The number of carboxylic acid groups (broad SMARTS) is 1. The maximum atomic E-state index is 12.4. The number of carboxylic acids is 1. The second-order valence-corrected chi connectivity index (χ2v) is 4.67. The van der Waals surface area contributed by atoms with Gasteiger partial charge >= 0.3 is 18.1 Å². The topological polar surface area (TPSA) is 57.6 Å². The summed E-state index contributed by atoms with van der Waals surface area (Å²) in [6.07, 6.45) is -5.07. The Hall–Kier alpha value is -1.27. The fraction of sp³-hybridized carbons (Fsp3) is 0.800. The first-order chi connectivity index (χ1) is 7.40. The molecule has 0 saturated heterocycles. The number of carbonyl (C=O) groups excluding carboxylic acids is 1. The normalized spacial score (nSPS) is 12.7. The van der Waals surface area contributed by atoms with Crippen molar-refractivity contribution >= 4 is 11.9 Å². The van der Waals surface area contributed by atoms with Crippen LogP contribution in [0, 0.1) is 5.92 Å². The predicted octanol–water partition coefficient (Wildman–Crippen LogP) is 1.90. The number of halogens is 3. The van der Waals surface area contributed by atoms with Crippen molar-refractivity contribution in [2.24, 2.45) is 5.92 Å². The minimum Gasteiger partial charge on any atom is -0.480 e. The molecule has 0 spiro atoms. The molecule has 0 radical (unpaired) electrons. The molecule has 0 aliphatic carbocycles. The molecule has 4 nitrogen and oxygen atoms in total. The Morgan fingerprint density at radius 3 is 1.88 bits per heavy atom. The molecule has 0 atom stereocenters. The van der Waals surface area contributed by atoms with Crippen LogP contribution in [0.15, 0.2) is 0 Å². The Bertz CT molecular complexity index is 310. The highest BCUT2D eigenvalue weighted by Gasteiger charge is 2.49. The zero-order chi connectivity index (χ0) is 14.0. The van der Waals surface area contributed by atoms with E-state index >= 15 is 0 Å². The monoisotopic (exact) mass is 255 g/mol. The van der Waals surface area contributed by atoms with Gasteiger partial charge in [-0.2, -0.15) is 13.2 Å². The number of aliphatic carboxylic acids is 1. The maximum absolute atomic E-state index is 12.4. The molecule has 1 N–H and O–H groups in total. The largest absolute Gasteiger partial charge is 0.480 e. The molecule has 0 heterocycles. The summed E-state index contributed by atoms with van der Waals surface area (Å²) in [5.74, 6) is -3.87. The Labute approximate surface area is 97.4 Å². The van der Waals surface area contributed by atoms with Crippen molar-refractivity contribution < 1.29 is 27.9 Å². The van der Waals surface area contributed by atoms with Crippen molar-refractivity contribution in [3.63, 3.8) is 0 Å². The van der Waals surface area contributed by atoms with E-state index in [1.807, 2.05) is 0 Å². The lowest BCUT2D eigenvalue weighted by atomic mass is 10.0. The average Bonchev–Trinajstić information content (AvgIpc) is 2.10. The van der Waals surface area contributed by atoms with Crippen LogP contribution in [0.1, 0.15) is 27.7 Å². The SMILES string of the molecule is CC(C)CN(C(=O)C(F)(F)F)C(C)(C)C(=O)O. The molecule has 1 amide bonds. The predicted molar refractivity (Wildman–Crippen MR) is 54.3 cm³/mol. The lowest BCUT2D eigenvalue weighted by Gasteiger charge is -2.36. The van der Waals surface area contributed by atoms with Crippen LogP contribution >= 0.6 is 0 Å². The zero-order valence-electron chi connectivity index (χ0n) is 10.1. The Kier molecular flexibility index (Phi) is 4.56. The number of hydrogen-bond acceptors (Lipinski definition) is 2. The molecule has 0 aromatic carbocycles. The van der Waals surface area contributed by atoms with E-state index in [1.54, 1.807) is 13.8 Å². The van der Waals surface area contributed by atoms with E-state index in [4.69, 9.17) is 5.11 Å². The highest BCUT2D eigenvalue weighted by atomic mass is 19.4. The van der Waals surface area contributed by atoms with E-state index in [-0.39, 0.29) is 12.5 Å². The average molecular weight is 255 g/mol. The number of rotatable bonds is 4. The van der Waals surface area contributed by atoms with Crippen molar-refractivity contribution in [2.75, 3.05) is 6.54 Å². The Morgan fingerprint density at radius 2 is 1.65 bits per heavy atom. The second-order valence-electron chi connectivity index (χ2n) is 4.67. The first-order valence-electron chi connectivity index (χ1n) is 5.03. The lowest BCUT2D eigenvalue weighted by Crippen LogP contribution is -2.57. The molecule has 100 valence electrons. The van der Waals surface area contributed by atoms with Crippen molar-refractivity contribution in [1.82, 2.24) is 4.90 Å². The van der Waals surface area contributed by atoms with Gasteiger partial charge in [-0.05, 0) is 19.8 Å². The summed E-state index contributed by atoms with van der Waals surface area (Å²) in [6, 6.07) is 0. The first-order valence-corrected chi connectivity index (χ1v) is 5.03. The van der Waals surface area contributed by atoms with Crippen LogP contribution in [0.3, 0.4) is 0 Å². The third kappa shape index (κ3) is 3.90. The van der Waals surface area contributed by atoms with Crippen LogP contribution in [-0.4, -0.2) is 40.1 Å². The Morgan fingerprint density at radius 1 is 1.24 bits per heavy atom. The molecule has 0 aromatic heterocycles. The molecule has 0 rings (SSSR count). The summed E-state index contributed by atoms with van der Waals surface area (Å²) in [7, 11) is 0. The summed E-state index contributed by atoms with van der Waals surface area (Å²) in [6.45, 7) is 5.09. The van der Waals surface area contributed by atoms with E-state index in [1.165, 1.54) is 0 Å². The summed E-state index contributed by atoms with van der Waals surface area (Å²) in [4.78, 5) is 22.5. The summed E-state index contributed by atoms with van der Waals surface area (Å²) < 4.78 is 37.1. The first kappa shape index (κ1) is 15.7. The molecule has 0 fully saturated rings. The number of carbonyl (C=O) groups is 2. The van der Waals surface area contributed by atoms with Crippen molar-refractivity contribution in [2.45, 2.75) is 39.4 Å². The summed E-state index contributed by atoms with van der Waals surface area (Å²) in [5.41, 5.74) is -1.89. The van der Waals surface area contributed by atoms with Gasteiger partial charge in [0.2, 0.25) is 0 Å².